The molecule has 0 atom stereocenters. The molecule has 11 heteroatoms. The number of halogens is 5. The van der Waals surface area contributed by atoms with Crippen molar-refractivity contribution in [1.29, 1.82) is 0 Å². The number of methoxy groups -OCH3 is 1. The number of alkyl halides is 4. The number of benzene rings is 1. The maximum absolute atomic E-state index is 13.3. The van der Waals surface area contributed by atoms with Crippen molar-refractivity contribution in [2.75, 3.05) is 12.4 Å². The van der Waals surface area contributed by atoms with Crippen molar-refractivity contribution in [3.05, 3.63) is 63.8 Å². The van der Waals surface area contributed by atoms with Crippen LogP contribution in [0.3, 0.4) is 0 Å². The summed E-state index contributed by atoms with van der Waals surface area (Å²) in [7, 11) is 1.45. The van der Waals surface area contributed by atoms with E-state index in [1.807, 2.05) is 13.0 Å². The van der Waals surface area contributed by atoms with Crippen molar-refractivity contribution >= 4 is 23.2 Å². The number of carbonyl (C=O) groups is 1. The minimum Gasteiger partial charge on any atom is -0.495 e. The number of nitrogens with zero attached hydrogens (tertiary/aromatic N) is 2. The minimum atomic E-state index is -3.12. The van der Waals surface area contributed by atoms with E-state index < -0.39 is 41.7 Å². The first kappa shape index (κ1) is 21.7. The normalized spacial score (nSPS) is 11.4. The summed E-state index contributed by atoms with van der Waals surface area (Å²) in [5, 5.41) is 5.30. The SMILES string of the molecule is COc1ccc(C)cc1NC(=O)c1ccc(Cn2nc(C(F)F)c(Cl)c2C(F)F)o1. The van der Waals surface area contributed by atoms with Gasteiger partial charge in [0, 0.05) is 0 Å². The van der Waals surface area contributed by atoms with Crippen LogP contribution >= 0.6 is 11.6 Å². The third-order valence-corrected chi connectivity index (χ3v) is 4.55. The van der Waals surface area contributed by atoms with Crippen molar-refractivity contribution in [3.63, 3.8) is 0 Å². The molecule has 0 bridgehead atoms. The van der Waals surface area contributed by atoms with Gasteiger partial charge in [-0.05, 0) is 36.8 Å². The zero-order valence-corrected chi connectivity index (χ0v) is 16.5. The summed E-state index contributed by atoms with van der Waals surface area (Å²) in [6.45, 7) is 1.43. The van der Waals surface area contributed by atoms with Crippen LogP contribution in [0.5, 0.6) is 5.75 Å². The Labute approximate surface area is 173 Å². The highest BCUT2D eigenvalue weighted by Crippen LogP contribution is 2.35. The smallest absolute Gasteiger partial charge is 0.291 e. The van der Waals surface area contributed by atoms with Crippen LogP contribution in [0.4, 0.5) is 23.2 Å². The van der Waals surface area contributed by atoms with Gasteiger partial charge in [0.15, 0.2) is 5.76 Å². The molecule has 0 aliphatic rings. The minimum absolute atomic E-state index is 0.0539. The highest BCUT2D eigenvalue weighted by molar-refractivity contribution is 6.32. The zero-order valence-electron chi connectivity index (χ0n) is 15.8. The van der Waals surface area contributed by atoms with Crippen molar-refractivity contribution in [2.45, 2.75) is 26.3 Å². The zero-order chi connectivity index (χ0) is 22.0. The standard InChI is InChI=1S/C19H16ClF4N3O3/c1-9-3-5-12(29-2)11(7-9)25-19(28)13-6-4-10(30-13)8-27-16(18(23)24)14(20)15(26-27)17(21)22/h3-7,17-18H,8H2,1-2H3,(H,25,28). The molecule has 1 aromatic carbocycles. The van der Waals surface area contributed by atoms with E-state index in [1.165, 1.54) is 19.2 Å². The molecule has 1 N–H and O–H groups in total. The lowest BCUT2D eigenvalue weighted by Crippen LogP contribution is -2.12. The number of aromatic nitrogens is 2. The molecule has 0 saturated carbocycles. The Bertz CT molecular complexity index is 1070. The monoisotopic (exact) mass is 445 g/mol. The molecule has 0 aliphatic carbocycles. The highest BCUT2D eigenvalue weighted by Gasteiger charge is 2.28. The summed E-state index contributed by atoms with van der Waals surface area (Å²) in [5.41, 5.74) is -0.487. The number of rotatable bonds is 7. The molecule has 0 aliphatic heterocycles. The molecule has 0 unspecified atom stereocenters. The van der Waals surface area contributed by atoms with E-state index in [0.29, 0.717) is 16.1 Å². The predicted molar refractivity (Wildman–Crippen MR) is 101 cm³/mol. The van der Waals surface area contributed by atoms with E-state index in [4.69, 9.17) is 20.8 Å². The number of nitrogens with one attached hydrogen (secondary N) is 1. The van der Waals surface area contributed by atoms with Gasteiger partial charge in [-0.3, -0.25) is 9.48 Å². The molecule has 0 fully saturated rings. The number of ether oxygens (including phenoxy) is 1. The molecule has 160 valence electrons. The molecule has 0 spiro atoms. The van der Waals surface area contributed by atoms with E-state index in [0.717, 1.165) is 5.56 Å². The largest absolute Gasteiger partial charge is 0.495 e. The second kappa shape index (κ2) is 8.78. The predicted octanol–water partition coefficient (Wildman–Crippen LogP) is 5.62. The van der Waals surface area contributed by atoms with E-state index in [9.17, 15) is 22.4 Å². The molecular weight excluding hydrogens is 430 g/mol. The van der Waals surface area contributed by atoms with Crippen molar-refractivity contribution in [3.8, 4) is 5.75 Å². The van der Waals surface area contributed by atoms with Gasteiger partial charge in [-0.1, -0.05) is 17.7 Å². The van der Waals surface area contributed by atoms with Crippen LogP contribution in [0.25, 0.3) is 0 Å². The van der Waals surface area contributed by atoms with Crippen LogP contribution in [-0.4, -0.2) is 22.8 Å². The first-order valence-corrected chi connectivity index (χ1v) is 8.96. The maximum Gasteiger partial charge on any atom is 0.291 e. The molecule has 30 heavy (non-hydrogen) atoms. The molecule has 6 nitrogen and oxygen atoms in total. The van der Waals surface area contributed by atoms with Crippen molar-refractivity contribution in [1.82, 2.24) is 9.78 Å². The summed E-state index contributed by atoms with van der Waals surface area (Å²) >= 11 is 5.62. The fourth-order valence-electron chi connectivity index (χ4n) is 2.78. The number of amides is 1. The second-order valence-electron chi connectivity index (χ2n) is 6.27. The Hall–Kier alpha value is -3.01. The summed E-state index contributed by atoms with van der Waals surface area (Å²) in [6.07, 6.45) is -6.23. The van der Waals surface area contributed by atoms with Crippen molar-refractivity contribution < 1.29 is 31.5 Å². The van der Waals surface area contributed by atoms with E-state index in [-0.39, 0.29) is 11.5 Å². The van der Waals surface area contributed by atoms with Crippen LogP contribution in [0, 0.1) is 6.92 Å². The van der Waals surface area contributed by atoms with Gasteiger partial charge in [0.05, 0.1) is 24.4 Å². The van der Waals surface area contributed by atoms with Crippen LogP contribution < -0.4 is 10.1 Å². The van der Waals surface area contributed by atoms with Gasteiger partial charge < -0.3 is 14.5 Å². The Morgan fingerprint density at radius 3 is 2.60 bits per heavy atom. The molecule has 1 amide bonds. The van der Waals surface area contributed by atoms with E-state index in [1.54, 1.807) is 12.1 Å². The highest BCUT2D eigenvalue weighted by atomic mass is 35.5. The third-order valence-electron chi connectivity index (χ3n) is 4.16. The van der Waals surface area contributed by atoms with Crippen LogP contribution in [0.1, 0.15) is 46.1 Å². The van der Waals surface area contributed by atoms with Crippen molar-refractivity contribution in [2.24, 2.45) is 0 Å². The lowest BCUT2D eigenvalue weighted by Gasteiger charge is -2.10. The third kappa shape index (κ3) is 4.43. The number of anilines is 1. The fourth-order valence-corrected chi connectivity index (χ4v) is 3.08. The second-order valence-corrected chi connectivity index (χ2v) is 6.65. The average molecular weight is 446 g/mol. The van der Waals surface area contributed by atoms with Crippen LogP contribution in [0.2, 0.25) is 5.02 Å². The lowest BCUT2D eigenvalue weighted by molar-refractivity contribution is 0.0993. The summed E-state index contributed by atoms with van der Waals surface area (Å²) < 4.78 is 63.6. The molecular formula is C19H16ClF4N3O3. The Morgan fingerprint density at radius 2 is 1.97 bits per heavy atom. The van der Waals surface area contributed by atoms with Gasteiger partial charge in [0.2, 0.25) is 0 Å². The average Bonchev–Trinajstić information content (AvgIpc) is 3.26. The van der Waals surface area contributed by atoms with Crippen LogP contribution in [0.15, 0.2) is 34.7 Å². The lowest BCUT2D eigenvalue weighted by atomic mass is 10.2. The number of aryl methyl sites for hydroxylation is 1. The molecule has 3 aromatic rings. The summed E-state index contributed by atoms with van der Waals surface area (Å²) in [5.74, 6) is -0.225. The van der Waals surface area contributed by atoms with Gasteiger partial charge in [-0.2, -0.15) is 5.10 Å². The maximum atomic E-state index is 13.3. The van der Waals surface area contributed by atoms with Gasteiger partial charge >= 0.3 is 0 Å². The Morgan fingerprint density at radius 1 is 1.23 bits per heavy atom. The number of furan rings is 1. The van der Waals surface area contributed by atoms with E-state index in [2.05, 4.69) is 10.4 Å². The molecule has 2 heterocycles. The Balaban J connectivity index is 1.81. The Kier molecular flexibility index (Phi) is 6.35. The number of hydrogen-bond acceptors (Lipinski definition) is 4. The molecule has 0 saturated heterocycles. The first-order chi connectivity index (χ1) is 14.2. The quantitative estimate of drug-likeness (QED) is 0.479. The van der Waals surface area contributed by atoms with Gasteiger partial charge in [-0.25, -0.2) is 17.6 Å². The number of carbonyl (C=O) groups excluding carboxylic acids is 1. The summed E-state index contributed by atoms with van der Waals surface area (Å²) in [6, 6.07) is 7.88. The van der Waals surface area contributed by atoms with Gasteiger partial charge in [-0.15, -0.1) is 0 Å². The van der Waals surface area contributed by atoms with Gasteiger partial charge in [0.1, 0.15) is 22.9 Å². The molecule has 0 radical (unpaired) electrons. The fraction of sp³-hybridized carbons (Fsp3) is 0.263. The molecule has 3 rings (SSSR count). The molecule has 2 aromatic heterocycles. The summed E-state index contributed by atoms with van der Waals surface area (Å²) in [4.78, 5) is 12.5. The first-order valence-electron chi connectivity index (χ1n) is 8.58. The van der Waals surface area contributed by atoms with E-state index >= 15 is 0 Å². The van der Waals surface area contributed by atoms with Gasteiger partial charge in [0.25, 0.3) is 18.8 Å². The number of hydrogen-bond donors (Lipinski definition) is 1. The topological polar surface area (TPSA) is 69.3 Å². The van der Waals surface area contributed by atoms with Crippen LogP contribution in [-0.2, 0) is 6.54 Å².